The van der Waals surface area contributed by atoms with Gasteiger partial charge in [0.1, 0.15) is 0 Å². The first-order valence-corrected chi connectivity index (χ1v) is 7.42. The summed E-state index contributed by atoms with van der Waals surface area (Å²) in [4.78, 5) is 0. The Balaban J connectivity index is 1.78. The van der Waals surface area contributed by atoms with E-state index >= 15 is 0 Å². The zero-order valence-corrected chi connectivity index (χ0v) is 10.9. The Morgan fingerprint density at radius 2 is 2.06 bits per heavy atom. The summed E-state index contributed by atoms with van der Waals surface area (Å²) in [6.45, 7) is 0.296. The molecular formula is C11H20N4OS. The fourth-order valence-electron chi connectivity index (χ4n) is 2.21. The first-order chi connectivity index (χ1) is 8.42. The Labute approximate surface area is 106 Å². The summed E-state index contributed by atoms with van der Waals surface area (Å²) >= 11 is 1.74. The number of tetrazole rings is 1. The van der Waals surface area contributed by atoms with Crippen LogP contribution in [-0.2, 0) is 0 Å². The number of aromatic nitrogens is 4. The minimum Gasteiger partial charge on any atom is -0.396 e. The van der Waals surface area contributed by atoms with Crippen molar-refractivity contribution in [3.8, 4) is 0 Å². The van der Waals surface area contributed by atoms with Crippen LogP contribution in [0.3, 0.4) is 0 Å². The van der Waals surface area contributed by atoms with Crippen molar-refractivity contribution in [2.75, 3.05) is 12.4 Å². The van der Waals surface area contributed by atoms with Crippen molar-refractivity contribution in [2.45, 2.75) is 56.1 Å². The molecule has 1 heterocycles. The quantitative estimate of drug-likeness (QED) is 0.597. The van der Waals surface area contributed by atoms with Crippen molar-refractivity contribution in [1.29, 1.82) is 0 Å². The summed E-state index contributed by atoms with van der Waals surface area (Å²) in [6, 6.07) is 0.518. The number of aliphatic hydroxyl groups excluding tert-OH is 1. The fourth-order valence-corrected chi connectivity index (χ4v) is 3.16. The smallest absolute Gasteiger partial charge is 0.209 e. The molecule has 1 aromatic rings. The van der Waals surface area contributed by atoms with Crippen LogP contribution in [0.5, 0.6) is 0 Å². The molecule has 0 bridgehead atoms. The molecule has 17 heavy (non-hydrogen) atoms. The van der Waals surface area contributed by atoms with E-state index in [1.807, 2.05) is 4.68 Å². The largest absolute Gasteiger partial charge is 0.396 e. The maximum atomic E-state index is 8.69. The van der Waals surface area contributed by atoms with Gasteiger partial charge in [0.05, 0.1) is 6.04 Å². The highest BCUT2D eigenvalue weighted by Gasteiger charge is 2.21. The van der Waals surface area contributed by atoms with E-state index in [0.717, 1.165) is 30.2 Å². The monoisotopic (exact) mass is 256 g/mol. The van der Waals surface area contributed by atoms with Gasteiger partial charge in [0.25, 0.3) is 0 Å². The van der Waals surface area contributed by atoms with Crippen molar-refractivity contribution in [1.82, 2.24) is 20.2 Å². The standard InChI is InChI=1S/C11H20N4OS/c16-8-4-1-5-9-17-11-12-13-14-15(11)10-6-2-3-7-10/h10,16H,1-9H2. The van der Waals surface area contributed by atoms with Crippen LogP contribution in [0.4, 0.5) is 0 Å². The van der Waals surface area contributed by atoms with Gasteiger partial charge in [-0.25, -0.2) is 4.68 Å². The van der Waals surface area contributed by atoms with Crippen LogP contribution < -0.4 is 0 Å². The van der Waals surface area contributed by atoms with E-state index in [1.165, 1.54) is 25.7 Å². The molecule has 0 atom stereocenters. The van der Waals surface area contributed by atoms with Crippen LogP contribution in [0, 0.1) is 0 Å². The number of hydrogen-bond acceptors (Lipinski definition) is 5. The van der Waals surface area contributed by atoms with E-state index in [4.69, 9.17) is 5.11 Å². The van der Waals surface area contributed by atoms with E-state index in [0.29, 0.717) is 12.6 Å². The lowest BCUT2D eigenvalue weighted by Gasteiger charge is -2.10. The molecule has 6 heteroatoms. The summed E-state index contributed by atoms with van der Waals surface area (Å²) in [5, 5.41) is 21.6. The molecule has 1 aliphatic rings. The minimum absolute atomic E-state index is 0.296. The lowest BCUT2D eigenvalue weighted by molar-refractivity contribution is 0.284. The first-order valence-electron chi connectivity index (χ1n) is 6.43. The first kappa shape index (κ1) is 12.8. The normalized spacial score (nSPS) is 16.8. The van der Waals surface area contributed by atoms with Gasteiger partial charge in [0, 0.05) is 12.4 Å². The average molecular weight is 256 g/mol. The van der Waals surface area contributed by atoms with Crippen LogP contribution >= 0.6 is 11.8 Å². The maximum absolute atomic E-state index is 8.69. The Hall–Kier alpha value is -0.620. The third-order valence-electron chi connectivity index (χ3n) is 3.17. The van der Waals surface area contributed by atoms with Gasteiger partial charge in [-0.3, -0.25) is 0 Å². The summed E-state index contributed by atoms with van der Waals surface area (Å²) < 4.78 is 2.00. The Kier molecular flexibility index (Phi) is 5.25. The Morgan fingerprint density at radius 1 is 1.24 bits per heavy atom. The van der Waals surface area contributed by atoms with E-state index in [2.05, 4.69) is 15.5 Å². The van der Waals surface area contributed by atoms with Crippen molar-refractivity contribution in [3.05, 3.63) is 0 Å². The van der Waals surface area contributed by atoms with E-state index in [-0.39, 0.29) is 0 Å². The molecule has 96 valence electrons. The van der Waals surface area contributed by atoms with E-state index in [1.54, 1.807) is 11.8 Å². The predicted octanol–water partition coefficient (Wildman–Crippen LogP) is 2.04. The number of nitrogens with zero attached hydrogens (tertiary/aromatic N) is 4. The second-order valence-corrected chi connectivity index (χ2v) is 5.54. The lowest BCUT2D eigenvalue weighted by atomic mass is 10.3. The van der Waals surface area contributed by atoms with Gasteiger partial charge in [-0.2, -0.15) is 0 Å². The van der Waals surface area contributed by atoms with Crippen molar-refractivity contribution in [2.24, 2.45) is 0 Å². The van der Waals surface area contributed by atoms with Crippen LogP contribution in [0.15, 0.2) is 5.16 Å². The minimum atomic E-state index is 0.296. The number of aliphatic hydroxyl groups is 1. The molecule has 1 saturated carbocycles. The molecule has 0 amide bonds. The zero-order chi connectivity index (χ0) is 11.9. The molecule has 2 rings (SSSR count). The van der Waals surface area contributed by atoms with Crippen molar-refractivity contribution in [3.63, 3.8) is 0 Å². The Morgan fingerprint density at radius 3 is 2.82 bits per heavy atom. The van der Waals surface area contributed by atoms with Crippen molar-refractivity contribution >= 4 is 11.8 Å². The van der Waals surface area contributed by atoms with Crippen LogP contribution in [0.25, 0.3) is 0 Å². The number of thioether (sulfide) groups is 1. The molecule has 0 saturated heterocycles. The van der Waals surface area contributed by atoms with Crippen LogP contribution in [-0.4, -0.2) is 37.7 Å². The van der Waals surface area contributed by atoms with Gasteiger partial charge in [-0.1, -0.05) is 31.0 Å². The number of unbranched alkanes of at least 4 members (excludes halogenated alkanes) is 2. The second kappa shape index (κ2) is 6.96. The fraction of sp³-hybridized carbons (Fsp3) is 0.909. The average Bonchev–Trinajstić information content (AvgIpc) is 2.98. The summed E-state index contributed by atoms with van der Waals surface area (Å²) in [5.41, 5.74) is 0. The van der Waals surface area contributed by atoms with E-state index in [9.17, 15) is 0 Å². The van der Waals surface area contributed by atoms with Crippen LogP contribution in [0.1, 0.15) is 51.0 Å². The summed E-state index contributed by atoms with van der Waals surface area (Å²) in [7, 11) is 0. The summed E-state index contributed by atoms with van der Waals surface area (Å²) in [5.74, 6) is 1.03. The van der Waals surface area contributed by atoms with E-state index < -0.39 is 0 Å². The molecule has 0 aromatic carbocycles. The van der Waals surface area contributed by atoms with Gasteiger partial charge < -0.3 is 5.11 Å². The zero-order valence-electron chi connectivity index (χ0n) is 10.1. The molecule has 1 N–H and O–H groups in total. The van der Waals surface area contributed by atoms with Gasteiger partial charge >= 0.3 is 0 Å². The Bertz CT molecular complexity index is 325. The molecule has 0 radical (unpaired) electrons. The highest BCUT2D eigenvalue weighted by Crippen LogP contribution is 2.31. The third kappa shape index (κ3) is 3.67. The lowest BCUT2D eigenvalue weighted by Crippen LogP contribution is -2.08. The van der Waals surface area contributed by atoms with Gasteiger partial charge in [0.15, 0.2) is 0 Å². The molecular weight excluding hydrogens is 236 g/mol. The highest BCUT2D eigenvalue weighted by atomic mass is 32.2. The topological polar surface area (TPSA) is 63.8 Å². The predicted molar refractivity (Wildman–Crippen MR) is 67.0 cm³/mol. The third-order valence-corrected chi connectivity index (χ3v) is 4.19. The molecule has 1 aromatic heterocycles. The molecule has 1 aliphatic carbocycles. The maximum Gasteiger partial charge on any atom is 0.209 e. The molecule has 0 spiro atoms. The van der Waals surface area contributed by atoms with Crippen LogP contribution in [0.2, 0.25) is 0 Å². The molecule has 5 nitrogen and oxygen atoms in total. The van der Waals surface area contributed by atoms with Gasteiger partial charge in [-0.15, -0.1) is 5.10 Å². The van der Waals surface area contributed by atoms with Gasteiger partial charge in [0.2, 0.25) is 5.16 Å². The van der Waals surface area contributed by atoms with Crippen molar-refractivity contribution < 1.29 is 5.11 Å². The second-order valence-electron chi connectivity index (χ2n) is 4.48. The number of rotatable bonds is 7. The summed E-state index contributed by atoms with van der Waals surface area (Å²) in [6.07, 6.45) is 8.11. The number of hydrogen-bond donors (Lipinski definition) is 1. The molecule has 1 fully saturated rings. The molecule has 0 aliphatic heterocycles. The molecule has 0 unspecified atom stereocenters. The SMILES string of the molecule is OCCCCCSc1nnnn1C1CCCC1. The van der Waals surface area contributed by atoms with Gasteiger partial charge in [-0.05, 0) is 36.1 Å². The highest BCUT2D eigenvalue weighted by molar-refractivity contribution is 7.99.